The number of aliphatic hydroxyl groups excluding tert-OH is 1. The van der Waals surface area contributed by atoms with Crippen LogP contribution in [0.15, 0.2) is 0 Å². The fourth-order valence-electron chi connectivity index (χ4n) is 1.44. The summed E-state index contributed by atoms with van der Waals surface area (Å²) in [5, 5.41) is 8.85. The third-order valence-electron chi connectivity index (χ3n) is 2.82. The standard InChI is InChI=1S/C11H26N2O2/c1-4-10(2)13(7-8-15-3)6-5-11(12)9-14/h10-11,14H,4-9,12H2,1-3H3. The molecule has 0 spiro atoms. The number of hydrogen-bond donors (Lipinski definition) is 2. The first-order chi connectivity index (χ1) is 7.15. The summed E-state index contributed by atoms with van der Waals surface area (Å²) in [5.41, 5.74) is 5.68. The predicted molar refractivity (Wildman–Crippen MR) is 62.9 cm³/mol. The number of hydrogen-bond acceptors (Lipinski definition) is 4. The van der Waals surface area contributed by atoms with Gasteiger partial charge in [0.25, 0.3) is 0 Å². The second-order valence-electron chi connectivity index (χ2n) is 4.02. The van der Waals surface area contributed by atoms with E-state index >= 15 is 0 Å². The third-order valence-corrected chi connectivity index (χ3v) is 2.82. The zero-order chi connectivity index (χ0) is 11.7. The van der Waals surface area contributed by atoms with Crippen LogP contribution in [0.2, 0.25) is 0 Å². The van der Waals surface area contributed by atoms with Gasteiger partial charge in [-0.1, -0.05) is 6.92 Å². The second kappa shape index (κ2) is 9.09. The van der Waals surface area contributed by atoms with Crippen LogP contribution in [-0.2, 0) is 4.74 Å². The molecule has 3 N–H and O–H groups in total. The molecule has 0 aromatic heterocycles. The van der Waals surface area contributed by atoms with Gasteiger partial charge in [-0.25, -0.2) is 0 Å². The molecule has 0 aliphatic heterocycles. The molecule has 0 fully saturated rings. The van der Waals surface area contributed by atoms with Crippen LogP contribution in [0, 0.1) is 0 Å². The molecule has 0 aromatic carbocycles. The van der Waals surface area contributed by atoms with E-state index in [2.05, 4.69) is 18.7 Å². The van der Waals surface area contributed by atoms with Gasteiger partial charge in [0, 0.05) is 32.3 Å². The van der Waals surface area contributed by atoms with E-state index in [1.165, 1.54) is 0 Å². The summed E-state index contributed by atoms with van der Waals surface area (Å²) in [7, 11) is 1.72. The van der Waals surface area contributed by atoms with Gasteiger partial charge in [-0.3, -0.25) is 4.90 Å². The van der Waals surface area contributed by atoms with Gasteiger partial charge < -0.3 is 15.6 Å². The van der Waals surface area contributed by atoms with E-state index in [-0.39, 0.29) is 12.6 Å². The Kier molecular flexibility index (Phi) is 9.00. The lowest BCUT2D eigenvalue weighted by Crippen LogP contribution is -2.39. The van der Waals surface area contributed by atoms with E-state index < -0.39 is 0 Å². The van der Waals surface area contributed by atoms with Crippen molar-refractivity contribution >= 4 is 0 Å². The number of nitrogens with zero attached hydrogens (tertiary/aromatic N) is 1. The molecular formula is C11H26N2O2. The van der Waals surface area contributed by atoms with Crippen LogP contribution in [0.5, 0.6) is 0 Å². The van der Waals surface area contributed by atoms with Crippen LogP contribution < -0.4 is 5.73 Å². The Hall–Kier alpha value is -0.160. The molecule has 0 radical (unpaired) electrons. The summed E-state index contributed by atoms with van der Waals surface area (Å²) >= 11 is 0. The quantitative estimate of drug-likeness (QED) is 0.590. The molecule has 0 saturated heterocycles. The highest BCUT2D eigenvalue weighted by atomic mass is 16.5. The van der Waals surface area contributed by atoms with Gasteiger partial charge in [0.2, 0.25) is 0 Å². The minimum atomic E-state index is -0.0981. The van der Waals surface area contributed by atoms with Crippen LogP contribution in [-0.4, -0.2) is 55.5 Å². The zero-order valence-electron chi connectivity index (χ0n) is 10.3. The molecule has 0 aliphatic carbocycles. The molecule has 2 atom stereocenters. The number of ether oxygens (including phenoxy) is 1. The monoisotopic (exact) mass is 218 g/mol. The molecular weight excluding hydrogens is 192 g/mol. The number of rotatable bonds is 9. The fourth-order valence-corrected chi connectivity index (χ4v) is 1.44. The maximum absolute atomic E-state index is 8.85. The topological polar surface area (TPSA) is 58.7 Å². The summed E-state index contributed by atoms with van der Waals surface area (Å²) in [5.74, 6) is 0. The van der Waals surface area contributed by atoms with Crippen molar-refractivity contribution in [2.24, 2.45) is 5.73 Å². The average Bonchev–Trinajstić information content (AvgIpc) is 2.27. The lowest BCUT2D eigenvalue weighted by molar-refractivity contribution is 0.117. The summed E-state index contributed by atoms with van der Waals surface area (Å²) in [6, 6.07) is 0.449. The van der Waals surface area contributed by atoms with Crippen LogP contribution in [0.1, 0.15) is 26.7 Å². The predicted octanol–water partition coefficient (Wildman–Crippen LogP) is 0.443. The summed E-state index contributed by atoms with van der Waals surface area (Å²) in [6.45, 7) is 7.07. The van der Waals surface area contributed by atoms with Crippen molar-refractivity contribution in [3.63, 3.8) is 0 Å². The Morgan fingerprint density at radius 2 is 2.07 bits per heavy atom. The Labute approximate surface area is 93.4 Å². The molecule has 4 heteroatoms. The lowest BCUT2D eigenvalue weighted by Gasteiger charge is -2.28. The van der Waals surface area contributed by atoms with Crippen molar-refractivity contribution in [3.8, 4) is 0 Å². The molecule has 4 nitrogen and oxygen atoms in total. The highest BCUT2D eigenvalue weighted by molar-refractivity contribution is 4.69. The SMILES string of the molecule is CCC(C)N(CCOC)CCC(N)CO. The minimum absolute atomic E-state index is 0.0681. The molecule has 0 bridgehead atoms. The van der Waals surface area contributed by atoms with Crippen molar-refractivity contribution in [2.45, 2.75) is 38.8 Å². The highest BCUT2D eigenvalue weighted by Crippen LogP contribution is 2.05. The first-order valence-electron chi connectivity index (χ1n) is 5.75. The lowest BCUT2D eigenvalue weighted by atomic mass is 10.1. The summed E-state index contributed by atoms with van der Waals surface area (Å²) in [4.78, 5) is 2.36. The minimum Gasteiger partial charge on any atom is -0.395 e. The van der Waals surface area contributed by atoms with Gasteiger partial charge in [0.1, 0.15) is 0 Å². The number of nitrogens with two attached hydrogens (primary N) is 1. The van der Waals surface area contributed by atoms with Crippen LogP contribution >= 0.6 is 0 Å². The molecule has 0 amide bonds. The molecule has 15 heavy (non-hydrogen) atoms. The third kappa shape index (κ3) is 6.84. The van der Waals surface area contributed by atoms with Crippen LogP contribution in [0.25, 0.3) is 0 Å². The van der Waals surface area contributed by atoms with Gasteiger partial charge in [-0.15, -0.1) is 0 Å². The second-order valence-corrected chi connectivity index (χ2v) is 4.02. The summed E-state index contributed by atoms with van der Waals surface area (Å²) in [6.07, 6.45) is 1.96. The molecule has 0 rings (SSSR count). The Morgan fingerprint density at radius 3 is 2.53 bits per heavy atom. The van der Waals surface area contributed by atoms with Gasteiger partial charge >= 0.3 is 0 Å². The first-order valence-corrected chi connectivity index (χ1v) is 5.75. The maximum atomic E-state index is 8.85. The van der Waals surface area contributed by atoms with Crippen LogP contribution in [0.4, 0.5) is 0 Å². The smallest absolute Gasteiger partial charge is 0.0589 e. The number of methoxy groups -OCH3 is 1. The fraction of sp³-hybridized carbons (Fsp3) is 1.00. The maximum Gasteiger partial charge on any atom is 0.0589 e. The normalized spacial score (nSPS) is 15.6. The van der Waals surface area contributed by atoms with Gasteiger partial charge in [-0.2, -0.15) is 0 Å². The first kappa shape index (κ1) is 14.8. The van der Waals surface area contributed by atoms with Gasteiger partial charge in [-0.05, 0) is 19.8 Å². The molecule has 0 aliphatic rings. The van der Waals surface area contributed by atoms with Crippen LogP contribution in [0.3, 0.4) is 0 Å². The van der Waals surface area contributed by atoms with Crippen molar-refractivity contribution in [2.75, 3.05) is 33.4 Å². The largest absolute Gasteiger partial charge is 0.395 e. The van der Waals surface area contributed by atoms with Crippen molar-refractivity contribution < 1.29 is 9.84 Å². The van der Waals surface area contributed by atoms with Crippen molar-refractivity contribution in [3.05, 3.63) is 0 Å². The summed E-state index contributed by atoms with van der Waals surface area (Å²) < 4.78 is 5.08. The van der Waals surface area contributed by atoms with Crippen molar-refractivity contribution in [1.82, 2.24) is 4.90 Å². The molecule has 92 valence electrons. The zero-order valence-corrected chi connectivity index (χ0v) is 10.3. The van der Waals surface area contributed by atoms with Gasteiger partial charge in [0.15, 0.2) is 0 Å². The average molecular weight is 218 g/mol. The van der Waals surface area contributed by atoms with E-state index in [1.54, 1.807) is 7.11 Å². The Balaban J connectivity index is 3.89. The van der Waals surface area contributed by atoms with E-state index in [9.17, 15) is 0 Å². The van der Waals surface area contributed by atoms with E-state index in [1.807, 2.05) is 0 Å². The number of aliphatic hydroxyl groups is 1. The molecule has 2 unspecified atom stereocenters. The Bertz CT molecular complexity index is 145. The molecule has 0 aromatic rings. The highest BCUT2D eigenvalue weighted by Gasteiger charge is 2.12. The Morgan fingerprint density at radius 1 is 1.40 bits per heavy atom. The van der Waals surface area contributed by atoms with E-state index in [4.69, 9.17) is 15.6 Å². The van der Waals surface area contributed by atoms with E-state index in [0.717, 1.165) is 32.5 Å². The molecule has 0 saturated carbocycles. The van der Waals surface area contributed by atoms with E-state index in [0.29, 0.717) is 6.04 Å². The molecule has 0 heterocycles. The van der Waals surface area contributed by atoms with Crippen molar-refractivity contribution in [1.29, 1.82) is 0 Å². The van der Waals surface area contributed by atoms with Gasteiger partial charge in [0.05, 0.1) is 13.2 Å².